The van der Waals surface area contributed by atoms with Crippen molar-refractivity contribution >= 4 is 35.8 Å². The Kier molecular flexibility index (Phi) is 9.99. The molecule has 2 aliphatic heterocycles. The van der Waals surface area contributed by atoms with E-state index in [-0.39, 0.29) is 29.9 Å². The number of rotatable bonds is 6. The molecular formula is C21H34IN5O2. The van der Waals surface area contributed by atoms with Crippen molar-refractivity contribution in [3.63, 3.8) is 0 Å². The third kappa shape index (κ3) is 7.33. The number of nitrogens with zero attached hydrogens (tertiary/aromatic N) is 4. The lowest BCUT2D eigenvalue weighted by molar-refractivity contribution is -0.131. The van der Waals surface area contributed by atoms with E-state index in [1.54, 1.807) is 12.1 Å². The van der Waals surface area contributed by atoms with Gasteiger partial charge in [-0.25, -0.2) is 0 Å². The van der Waals surface area contributed by atoms with Crippen molar-refractivity contribution in [3.05, 3.63) is 29.8 Å². The SMILES string of the molecule is CCNC(=NCCc1cccc(O)c1)N1CCN(CC(=O)N2CCCC2)CC1.I. The number of phenolic OH excluding ortho intramolecular Hbond substituents is 1. The van der Waals surface area contributed by atoms with Gasteiger partial charge in [-0.1, -0.05) is 12.1 Å². The molecule has 1 aromatic carbocycles. The molecule has 162 valence electrons. The summed E-state index contributed by atoms with van der Waals surface area (Å²) in [5.74, 6) is 1.51. The zero-order valence-corrected chi connectivity index (χ0v) is 19.7. The molecule has 0 aliphatic carbocycles. The van der Waals surface area contributed by atoms with E-state index in [9.17, 15) is 9.90 Å². The number of carbonyl (C=O) groups excluding carboxylic acids is 1. The number of hydrogen-bond acceptors (Lipinski definition) is 4. The second-order valence-electron chi connectivity index (χ2n) is 7.51. The molecule has 0 aromatic heterocycles. The Morgan fingerprint density at radius 1 is 1.10 bits per heavy atom. The number of likely N-dealkylation sites (tertiary alicyclic amines) is 1. The molecule has 2 saturated heterocycles. The minimum Gasteiger partial charge on any atom is -0.508 e. The Hall–Kier alpha value is -1.55. The molecule has 2 N–H and O–H groups in total. The standard InChI is InChI=1S/C21H33N5O2.HI/c1-2-22-21(23-9-8-18-6-5-7-19(27)16-18)26-14-12-24(13-15-26)17-20(28)25-10-3-4-11-25;/h5-7,16,27H,2-4,8-15,17H2,1H3,(H,22,23);1H. The van der Waals surface area contributed by atoms with Crippen molar-refractivity contribution in [1.29, 1.82) is 0 Å². The van der Waals surface area contributed by atoms with E-state index in [0.717, 1.165) is 76.6 Å². The van der Waals surface area contributed by atoms with Crippen LogP contribution in [0.15, 0.2) is 29.3 Å². The van der Waals surface area contributed by atoms with Crippen LogP contribution in [0, 0.1) is 0 Å². The van der Waals surface area contributed by atoms with Crippen LogP contribution < -0.4 is 5.32 Å². The highest BCUT2D eigenvalue weighted by Gasteiger charge is 2.24. The molecule has 0 unspecified atom stereocenters. The first kappa shape index (κ1) is 23.7. The average molecular weight is 515 g/mol. The van der Waals surface area contributed by atoms with Crippen LogP contribution in [0.3, 0.4) is 0 Å². The van der Waals surface area contributed by atoms with E-state index < -0.39 is 0 Å². The number of phenols is 1. The molecule has 1 amide bonds. The highest BCUT2D eigenvalue weighted by molar-refractivity contribution is 14.0. The summed E-state index contributed by atoms with van der Waals surface area (Å²) in [4.78, 5) is 23.7. The predicted molar refractivity (Wildman–Crippen MR) is 127 cm³/mol. The molecule has 3 rings (SSSR count). The van der Waals surface area contributed by atoms with Crippen LogP contribution in [0.1, 0.15) is 25.3 Å². The Morgan fingerprint density at radius 2 is 1.83 bits per heavy atom. The normalized spacial score (nSPS) is 17.9. The number of piperazine rings is 1. The van der Waals surface area contributed by atoms with Crippen molar-refractivity contribution in [1.82, 2.24) is 20.0 Å². The fraction of sp³-hybridized carbons (Fsp3) is 0.619. The van der Waals surface area contributed by atoms with Crippen LogP contribution in [0.25, 0.3) is 0 Å². The summed E-state index contributed by atoms with van der Waals surface area (Å²) < 4.78 is 0. The molecule has 8 heteroatoms. The number of guanidine groups is 1. The Labute approximate surface area is 191 Å². The molecule has 2 fully saturated rings. The average Bonchev–Trinajstić information content (AvgIpc) is 3.23. The number of halogens is 1. The summed E-state index contributed by atoms with van der Waals surface area (Å²) in [6.45, 7) is 9.51. The third-order valence-electron chi connectivity index (χ3n) is 5.40. The van der Waals surface area contributed by atoms with E-state index in [4.69, 9.17) is 4.99 Å². The van der Waals surface area contributed by atoms with E-state index in [1.165, 1.54) is 0 Å². The summed E-state index contributed by atoms with van der Waals surface area (Å²) >= 11 is 0. The molecular weight excluding hydrogens is 481 g/mol. The number of nitrogens with one attached hydrogen (secondary N) is 1. The molecule has 0 radical (unpaired) electrons. The van der Waals surface area contributed by atoms with Crippen LogP contribution in [0.4, 0.5) is 0 Å². The van der Waals surface area contributed by atoms with Crippen LogP contribution in [0.5, 0.6) is 5.75 Å². The maximum Gasteiger partial charge on any atom is 0.236 e. The van der Waals surface area contributed by atoms with Crippen molar-refractivity contribution < 1.29 is 9.90 Å². The Balaban J connectivity index is 0.00000300. The lowest BCUT2D eigenvalue weighted by atomic mass is 10.1. The monoisotopic (exact) mass is 515 g/mol. The second kappa shape index (κ2) is 12.2. The van der Waals surface area contributed by atoms with Gasteiger partial charge in [0.1, 0.15) is 5.75 Å². The van der Waals surface area contributed by atoms with Crippen molar-refractivity contribution in [3.8, 4) is 5.75 Å². The zero-order valence-electron chi connectivity index (χ0n) is 17.3. The lowest BCUT2D eigenvalue weighted by Gasteiger charge is -2.36. The molecule has 7 nitrogen and oxygen atoms in total. The molecule has 0 saturated carbocycles. The molecule has 2 aliphatic rings. The lowest BCUT2D eigenvalue weighted by Crippen LogP contribution is -2.54. The first-order valence-electron chi connectivity index (χ1n) is 10.5. The van der Waals surface area contributed by atoms with Gasteiger partial charge >= 0.3 is 0 Å². The smallest absolute Gasteiger partial charge is 0.236 e. The minimum absolute atomic E-state index is 0. The summed E-state index contributed by atoms with van der Waals surface area (Å²) in [6, 6.07) is 7.35. The van der Waals surface area contributed by atoms with Gasteiger partial charge < -0.3 is 20.2 Å². The molecule has 0 bridgehead atoms. The van der Waals surface area contributed by atoms with E-state index in [1.807, 2.05) is 17.0 Å². The van der Waals surface area contributed by atoms with E-state index in [2.05, 4.69) is 22.0 Å². The molecule has 1 aromatic rings. The van der Waals surface area contributed by atoms with Crippen LogP contribution >= 0.6 is 24.0 Å². The number of aliphatic imine (C=N–C) groups is 1. The van der Waals surface area contributed by atoms with E-state index in [0.29, 0.717) is 18.8 Å². The van der Waals surface area contributed by atoms with Crippen molar-refractivity contribution in [2.45, 2.75) is 26.2 Å². The van der Waals surface area contributed by atoms with Crippen LogP contribution in [-0.2, 0) is 11.2 Å². The molecule has 29 heavy (non-hydrogen) atoms. The van der Waals surface area contributed by atoms with Gasteiger partial charge in [0.05, 0.1) is 6.54 Å². The van der Waals surface area contributed by atoms with E-state index >= 15 is 0 Å². The van der Waals surface area contributed by atoms with Crippen LogP contribution in [0.2, 0.25) is 0 Å². The van der Waals surface area contributed by atoms with Gasteiger partial charge in [-0.05, 0) is 43.9 Å². The largest absolute Gasteiger partial charge is 0.508 e. The maximum atomic E-state index is 12.3. The van der Waals surface area contributed by atoms with Gasteiger partial charge in [0, 0.05) is 52.4 Å². The first-order valence-corrected chi connectivity index (χ1v) is 10.5. The van der Waals surface area contributed by atoms with Gasteiger partial charge in [-0.2, -0.15) is 0 Å². The fourth-order valence-corrected chi connectivity index (χ4v) is 3.80. The maximum absolute atomic E-state index is 12.3. The predicted octanol–water partition coefficient (Wildman–Crippen LogP) is 1.76. The first-order chi connectivity index (χ1) is 13.7. The Bertz CT molecular complexity index is 671. The molecule has 0 spiro atoms. The number of carbonyl (C=O) groups is 1. The number of aromatic hydroxyl groups is 1. The van der Waals surface area contributed by atoms with Crippen LogP contribution in [-0.4, -0.2) is 90.6 Å². The van der Waals surface area contributed by atoms with Gasteiger partial charge in [-0.15, -0.1) is 24.0 Å². The molecule has 2 heterocycles. The fourth-order valence-electron chi connectivity index (χ4n) is 3.80. The van der Waals surface area contributed by atoms with Gasteiger partial charge in [0.2, 0.25) is 5.91 Å². The number of hydrogen-bond donors (Lipinski definition) is 2. The van der Waals surface area contributed by atoms with Gasteiger partial charge in [-0.3, -0.25) is 14.7 Å². The topological polar surface area (TPSA) is 71.4 Å². The van der Waals surface area contributed by atoms with Gasteiger partial charge in [0.25, 0.3) is 0 Å². The highest BCUT2D eigenvalue weighted by Crippen LogP contribution is 2.12. The summed E-state index contributed by atoms with van der Waals surface area (Å²) in [7, 11) is 0. The Morgan fingerprint density at radius 3 is 2.48 bits per heavy atom. The minimum atomic E-state index is 0. The summed E-state index contributed by atoms with van der Waals surface area (Å²) in [5.41, 5.74) is 1.09. The van der Waals surface area contributed by atoms with Crippen molar-refractivity contribution in [2.75, 3.05) is 58.9 Å². The summed E-state index contributed by atoms with van der Waals surface area (Å²) in [6.07, 6.45) is 3.09. The zero-order chi connectivity index (χ0) is 19.8. The third-order valence-corrected chi connectivity index (χ3v) is 5.40. The highest BCUT2D eigenvalue weighted by atomic mass is 127. The number of amides is 1. The summed E-state index contributed by atoms with van der Waals surface area (Å²) in [5, 5.41) is 13.0. The molecule has 0 atom stereocenters. The number of benzene rings is 1. The quantitative estimate of drug-likeness (QED) is 0.344. The van der Waals surface area contributed by atoms with Gasteiger partial charge in [0.15, 0.2) is 5.96 Å². The van der Waals surface area contributed by atoms with Crippen molar-refractivity contribution in [2.24, 2.45) is 4.99 Å². The second-order valence-corrected chi connectivity index (χ2v) is 7.51.